The number of hydrogen-bond donors (Lipinski definition) is 4. The number of aliphatic hydroxyl groups is 4. The molecule has 0 radical (unpaired) electrons. The van der Waals surface area contributed by atoms with E-state index in [2.05, 4.69) is 6.92 Å². The molecule has 1 aliphatic rings. The topological polar surface area (TPSA) is 103 Å². The Morgan fingerprint density at radius 2 is 1.32 bits per heavy atom. The average molecular weight is 284 g/mol. The molecule has 0 aliphatic carbocycles. The van der Waals surface area contributed by atoms with Crippen LogP contribution in [0.15, 0.2) is 0 Å². The molecule has 0 spiro atoms. The second kappa shape index (κ2) is 15.8. The van der Waals surface area contributed by atoms with Crippen molar-refractivity contribution in [3.05, 3.63) is 0 Å². The molecule has 1 heterocycles. The van der Waals surface area contributed by atoms with Gasteiger partial charge < -0.3 is 29.9 Å². The van der Waals surface area contributed by atoms with Gasteiger partial charge in [0.1, 0.15) is 0 Å². The molecule has 0 amide bonds. The van der Waals surface area contributed by atoms with Crippen LogP contribution in [-0.2, 0) is 9.47 Å². The smallest absolute Gasteiger partial charge is 0.0781 e. The highest BCUT2D eigenvalue weighted by Crippen LogP contribution is 2.04. The van der Waals surface area contributed by atoms with Crippen LogP contribution in [0.5, 0.6) is 0 Å². The zero-order chi connectivity index (χ0) is 14.6. The minimum absolute atomic E-state index is 0. The molecular weight excluding hydrogens is 252 g/mol. The van der Waals surface area contributed by atoms with E-state index in [0.29, 0.717) is 19.3 Å². The molecule has 1 rings (SSSR count). The van der Waals surface area contributed by atoms with Gasteiger partial charge in [0.2, 0.25) is 0 Å². The van der Waals surface area contributed by atoms with Crippen LogP contribution in [0.2, 0.25) is 0 Å². The fourth-order valence-electron chi connectivity index (χ4n) is 0.505. The summed E-state index contributed by atoms with van der Waals surface area (Å²) in [4.78, 5) is 0. The van der Waals surface area contributed by atoms with Crippen molar-refractivity contribution in [1.29, 1.82) is 0 Å². The summed E-state index contributed by atoms with van der Waals surface area (Å²) < 4.78 is 9.56. The lowest BCUT2D eigenvalue weighted by Crippen LogP contribution is -2.16. The molecule has 1 aliphatic heterocycles. The first-order chi connectivity index (χ1) is 8.29. The van der Waals surface area contributed by atoms with E-state index in [1.807, 2.05) is 0 Å². The molecule has 0 bridgehead atoms. The highest BCUT2D eigenvalue weighted by Gasteiger charge is 2.13. The summed E-state index contributed by atoms with van der Waals surface area (Å²) in [6, 6.07) is 0. The Kier molecular flexibility index (Phi) is 19.8. The Morgan fingerprint density at radius 3 is 1.42 bits per heavy atom. The van der Waals surface area contributed by atoms with Crippen LogP contribution in [-0.4, -0.2) is 71.3 Å². The summed E-state index contributed by atoms with van der Waals surface area (Å²) >= 11 is 0. The van der Waals surface area contributed by atoms with E-state index < -0.39 is 18.3 Å². The number of ether oxygens (including phenoxy) is 2. The summed E-state index contributed by atoms with van der Waals surface area (Å²) in [5.74, 6) is 0. The first-order valence-electron chi connectivity index (χ1n) is 6.13. The molecule has 1 fully saturated rings. The fraction of sp³-hybridized carbons (Fsp3) is 1.00. The molecule has 1 saturated heterocycles. The van der Waals surface area contributed by atoms with Gasteiger partial charge in [-0.1, -0.05) is 7.43 Å². The van der Waals surface area contributed by atoms with Gasteiger partial charge in [0.25, 0.3) is 0 Å². The van der Waals surface area contributed by atoms with E-state index in [9.17, 15) is 0 Å². The fourth-order valence-corrected chi connectivity index (χ4v) is 0.505. The maximum Gasteiger partial charge on any atom is 0.0781 e. The van der Waals surface area contributed by atoms with E-state index in [1.54, 1.807) is 13.8 Å². The van der Waals surface area contributed by atoms with Crippen molar-refractivity contribution >= 4 is 0 Å². The Hall–Kier alpha value is -0.240. The number of epoxide rings is 1. The lowest BCUT2D eigenvalue weighted by atomic mass is 10.4. The zero-order valence-electron chi connectivity index (χ0n) is 11.7. The predicted molar refractivity (Wildman–Crippen MR) is 75.1 cm³/mol. The summed E-state index contributed by atoms with van der Waals surface area (Å²) in [6.45, 7) is 8.31. The highest BCUT2D eigenvalue weighted by atomic mass is 16.6. The van der Waals surface area contributed by atoms with Gasteiger partial charge >= 0.3 is 0 Å². The largest absolute Gasteiger partial charge is 0.394 e. The summed E-state index contributed by atoms with van der Waals surface area (Å²) in [7, 11) is 0. The molecule has 6 nitrogen and oxygen atoms in total. The Morgan fingerprint density at radius 1 is 1.05 bits per heavy atom. The van der Waals surface area contributed by atoms with Crippen molar-refractivity contribution in [2.75, 3.05) is 26.4 Å². The van der Waals surface area contributed by atoms with Crippen molar-refractivity contribution in [2.45, 2.75) is 59.5 Å². The summed E-state index contributed by atoms with van der Waals surface area (Å²) in [5, 5.41) is 33.3. The Bertz CT molecular complexity index is 149. The standard InChI is InChI=1S/C6H14O3.C3H8O2.C3H6O.CH4/c1-5(7)3-9-4-6(2)8;1-3(5)2-4;1-3-2-4-3;/h5-8H,3-4H2,1-2H3;3-5H,2H2,1H3;3H,2H2,1H3;1H4. The van der Waals surface area contributed by atoms with Crippen LogP contribution in [0.1, 0.15) is 35.1 Å². The monoisotopic (exact) mass is 284 g/mol. The Balaban J connectivity index is -0.000000216. The third kappa shape index (κ3) is 38.1. The van der Waals surface area contributed by atoms with Gasteiger partial charge in [-0.2, -0.15) is 0 Å². The third-order valence-corrected chi connectivity index (χ3v) is 1.48. The SMILES string of the molecule is C.CC(O)CO.CC(O)COCC(C)O.CC1CO1. The van der Waals surface area contributed by atoms with Crippen LogP contribution >= 0.6 is 0 Å². The van der Waals surface area contributed by atoms with Gasteiger partial charge in [0.15, 0.2) is 0 Å². The molecule has 6 heteroatoms. The molecule has 0 saturated carbocycles. The van der Waals surface area contributed by atoms with E-state index in [-0.39, 0.29) is 14.0 Å². The quantitative estimate of drug-likeness (QED) is 0.537. The summed E-state index contributed by atoms with van der Waals surface area (Å²) in [5.41, 5.74) is 0. The lowest BCUT2D eigenvalue weighted by Gasteiger charge is -2.06. The van der Waals surface area contributed by atoms with Gasteiger partial charge in [-0.3, -0.25) is 0 Å². The Labute approximate surface area is 117 Å². The number of hydrogen-bond acceptors (Lipinski definition) is 6. The van der Waals surface area contributed by atoms with Crippen molar-refractivity contribution in [3.8, 4) is 0 Å². The van der Waals surface area contributed by atoms with E-state index in [0.717, 1.165) is 6.61 Å². The molecule has 0 aromatic carbocycles. The van der Waals surface area contributed by atoms with Crippen LogP contribution in [0.4, 0.5) is 0 Å². The first kappa shape index (κ1) is 23.8. The van der Waals surface area contributed by atoms with Crippen LogP contribution < -0.4 is 0 Å². The number of rotatable bonds is 5. The average Bonchev–Trinajstić information content (AvgIpc) is 3.01. The van der Waals surface area contributed by atoms with Gasteiger partial charge in [-0.05, 0) is 27.7 Å². The van der Waals surface area contributed by atoms with Crippen molar-refractivity contribution in [2.24, 2.45) is 0 Å². The second-order valence-corrected chi connectivity index (χ2v) is 4.41. The van der Waals surface area contributed by atoms with Crippen molar-refractivity contribution in [3.63, 3.8) is 0 Å². The van der Waals surface area contributed by atoms with Gasteiger partial charge in [-0.15, -0.1) is 0 Å². The normalized spacial score (nSPS) is 20.5. The molecule has 120 valence electrons. The van der Waals surface area contributed by atoms with Gasteiger partial charge in [-0.25, -0.2) is 0 Å². The van der Waals surface area contributed by atoms with Crippen molar-refractivity contribution < 1.29 is 29.9 Å². The minimum Gasteiger partial charge on any atom is -0.394 e. The van der Waals surface area contributed by atoms with Crippen LogP contribution in [0.25, 0.3) is 0 Å². The lowest BCUT2D eigenvalue weighted by molar-refractivity contribution is 0.00392. The molecule has 19 heavy (non-hydrogen) atoms. The minimum atomic E-state index is -0.560. The van der Waals surface area contributed by atoms with Crippen LogP contribution in [0.3, 0.4) is 0 Å². The molecule has 4 unspecified atom stereocenters. The van der Waals surface area contributed by atoms with E-state index >= 15 is 0 Å². The predicted octanol–water partition coefficient (Wildman–Crippen LogP) is 0.165. The molecule has 4 atom stereocenters. The maximum absolute atomic E-state index is 8.66. The third-order valence-electron chi connectivity index (χ3n) is 1.48. The van der Waals surface area contributed by atoms with Crippen molar-refractivity contribution in [1.82, 2.24) is 0 Å². The summed E-state index contributed by atoms with van der Waals surface area (Å²) in [6.07, 6.45) is -0.859. The molecule has 0 aromatic rings. The molecule has 4 N–H and O–H groups in total. The van der Waals surface area contributed by atoms with E-state index in [1.165, 1.54) is 6.92 Å². The van der Waals surface area contributed by atoms with Gasteiger partial charge in [0, 0.05) is 0 Å². The second-order valence-electron chi connectivity index (χ2n) is 4.41. The first-order valence-corrected chi connectivity index (χ1v) is 6.13. The number of aliphatic hydroxyl groups excluding tert-OH is 4. The van der Waals surface area contributed by atoms with Crippen LogP contribution in [0, 0.1) is 0 Å². The highest BCUT2D eigenvalue weighted by molar-refractivity contribution is 4.58. The molecular formula is C13H32O6. The van der Waals surface area contributed by atoms with E-state index in [4.69, 9.17) is 29.9 Å². The molecule has 0 aromatic heterocycles. The zero-order valence-corrected chi connectivity index (χ0v) is 11.7. The van der Waals surface area contributed by atoms with Gasteiger partial charge in [0.05, 0.1) is 50.8 Å². The maximum atomic E-state index is 8.66.